The highest BCUT2D eigenvalue weighted by molar-refractivity contribution is 5.85. The molecule has 1 unspecified atom stereocenters. The van der Waals surface area contributed by atoms with E-state index in [0.29, 0.717) is 0 Å². The van der Waals surface area contributed by atoms with E-state index in [2.05, 4.69) is 12.2 Å². The average molecular weight is 215 g/mol. The summed E-state index contributed by atoms with van der Waals surface area (Å²) in [6.45, 7) is 4.28. The molecule has 0 aromatic heterocycles. The van der Waals surface area contributed by atoms with Crippen LogP contribution in [0.2, 0.25) is 0 Å². The van der Waals surface area contributed by atoms with Crippen molar-refractivity contribution in [1.29, 1.82) is 0 Å². The van der Waals surface area contributed by atoms with Gasteiger partial charge in [-0.05, 0) is 19.9 Å². The Bertz CT molecular complexity index is 204. The van der Waals surface area contributed by atoms with Crippen LogP contribution >= 0.6 is 0 Å². The zero-order chi connectivity index (χ0) is 11.7. The highest BCUT2D eigenvalue weighted by Gasteiger charge is 2.16. The van der Waals surface area contributed by atoms with Gasteiger partial charge in [0.2, 0.25) is 0 Å². The van der Waals surface area contributed by atoms with E-state index in [1.807, 2.05) is 0 Å². The summed E-state index contributed by atoms with van der Waals surface area (Å²) in [4.78, 5) is 21.5. The van der Waals surface area contributed by atoms with Crippen LogP contribution in [0.3, 0.4) is 0 Å². The monoisotopic (exact) mass is 215 g/mol. The fourth-order valence-corrected chi connectivity index (χ4v) is 1.36. The molecule has 0 aromatic rings. The molecule has 0 amide bonds. The quantitative estimate of drug-likeness (QED) is 0.573. The van der Waals surface area contributed by atoms with E-state index >= 15 is 0 Å². The number of aliphatic carboxylic acids is 1. The first kappa shape index (κ1) is 14.1. The summed E-state index contributed by atoms with van der Waals surface area (Å²) in [6, 6.07) is -0.524. The number of hydrogen-bond acceptors (Lipinski definition) is 3. The number of unbranched alkanes of at least 4 members (excludes halogenated alkanes) is 3. The molecule has 0 saturated carbocycles. The van der Waals surface area contributed by atoms with Crippen LogP contribution in [0.25, 0.3) is 0 Å². The average Bonchev–Trinajstić information content (AvgIpc) is 2.15. The number of carboxylic acid groups (broad SMARTS) is 1. The van der Waals surface area contributed by atoms with Crippen molar-refractivity contribution in [3.8, 4) is 0 Å². The first-order valence-electron chi connectivity index (χ1n) is 5.53. The van der Waals surface area contributed by atoms with Gasteiger partial charge in [0.05, 0.1) is 12.5 Å². The molecule has 4 heteroatoms. The van der Waals surface area contributed by atoms with Crippen molar-refractivity contribution in [1.82, 2.24) is 5.32 Å². The summed E-state index contributed by atoms with van der Waals surface area (Å²) >= 11 is 0. The van der Waals surface area contributed by atoms with Crippen LogP contribution in [0, 0.1) is 0 Å². The number of Topliss-reactive ketones (excluding diaryl/α,β-unsaturated/α-hetero) is 1. The van der Waals surface area contributed by atoms with Gasteiger partial charge < -0.3 is 10.4 Å². The van der Waals surface area contributed by atoms with Gasteiger partial charge in [0.25, 0.3) is 0 Å². The van der Waals surface area contributed by atoms with Gasteiger partial charge >= 0.3 is 5.97 Å². The Kier molecular flexibility index (Phi) is 7.91. The van der Waals surface area contributed by atoms with E-state index in [4.69, 9.17) is 5.11 Å². The standard InChI is InChI=1S/C11H21NO3/c1-3-4-5-6-7-12-10(9(2)13)8-11(14)15/h10,12H,3-8H2,1-2H3,(H,14,15). The maximum atomic E-state index is 11.1. The van der Waals surface area contributed by atoms with Crippen molar-refractivity contribution in [2.75, 3.05) is 6.54 Å². The van der Waals surface area contributed by atoms with Crippen LogP contribution < -0.4 is 5.32 Å². The molecule has 0 fully saturated rings. The van der Waals surface area contributed by atoms with Gasteiger partial charge in [0.1, 0.15) is 5.78 Å². The number of carbonyl (C=O) groups excluding carboxylic acids is 1. The lowest BCUT2D eigenvalue weighted by atomic mass is 10.1. The van der Waals surface area contributed by atoms with E-state index in [9.17, 15) is 9.59 Å². The number of carbonyl (C=O) groups is 2. The molecule has 0 heterocycles. The highest BCUT2D eigenvalue weighted by atomic mass is 16.4. The SMILES string of the molecule is CCCCCCNC(CC(=O)O)C(C)=O. The second kappa shape index (κ2) is 8.41. The van der Waals surface area contributed by atoms with Crippen molar-refractivity contribution in [2.24, 2.45) is 0 Å². The molecule has 0 saturated heterocycles. The van der Waals surface area contributed by atoms with Crippen LogP contribution in [-0.4, -0.2) is 29.4 Å². The third kappa shape index (κ3) is 8.12. The summed E-state index contributed by atoms with van der Waals surface area (Å²) in [6.07, 6.45) is 4.36. The highest BCUT2D eigenvalue weighted by Crippen LogP contribution is 1.99. The number of ketones is 1. The zero-order valence-corrected chi connectivity index (χ0v) is 9.58. The van der Waals surface area contributed by atoms with Gasteiger partial charge in [0.15, 0.2) is 0 Å². The lowest BCUT2D eigenvalue weighted by Gasteiger charge is -2.13. The summed E-state index contributed by atoms with van der Waals surface area (Å²) in [5.74, 6) is -1.04. The summed E-state index contributed by atoms with van der Waals surface area (Å²) < 4.78 is 0. The first-order valence-corrected chi connectivity index (χ1v) is 5.53. The summed E-state index contributed by atoms with van der Waals surface area (Å²) in [5.41, 5.74) is 0. The molecule has 0 radical (unpaired) electrons. The second-order valence-corrected chi connectivity index (χ2v) is 3.78. The maximum Gasteiger partial charge on any atom is 0.305 e. The van der Waals surface area contributed by atoms with Crippen LogP contribution in [0.1, 0.15) is 46.0 Å². The Hall–Kier alpha value is -0.900. The number of nitrogens with one attached hydrogen (secondary N) is 1. The van der Waals surface area contributed by atoms with Crippen LogP contribution in [-0.2, 0) is 9.59 Å². The lowest BCUT2D eigenvalue weighted by molar-refractivity contribution is -0.139. The molecule has 0 spiro atoms. The molecule has 4 nitrogen and oxygen atoms in total. The molecule has 0 aliphatic rings. The molecular weight excluding hydrogens is 194 g/mol. The van der Waals surface area contributed by atoms with Gasteiger partial charge in [-0.1, -0.05) is 26.2 Å². The van der Waals surface area contributed by atoms with E-state index in [1.165, 1.54) is 19.8 Å². The number of hydrogen-bond donors (Lipinski definition) is 2. The number of carboxylic acids is 1. The summed E-state index contributed by atoms with van der Waals surface area (Å²) in [7, 11) is 0. The Labute approximate surface area is 91.1 Å². The molecule has 0 aliphatic heterocycles. The number of rotatable bonds is 9. The first-order chi connectivity index (χ1) is 7.07. The Balaban J connectivity index is 3.67. The molecule has 0 aliphatic carbocycles. The minimum absolute atomic E-state index is 0.104. The van der Waals surface area contributed by atoms with Gasteiger partial charge in [-0.2, -0.15) is 0 Å². The molecule has 2 N–H and O–H groups in total. The van der Waals surface area contributed by atoms with E-state index in [1.54, 1.807) is 0 Å². The molecule has 1 atom stereocenters. The van der Waals surface area contributed by atoms with Crippen LogP contribution in [0.15, 0.2) is 0 Å². The van der Waals surface area contributed by atoms with Gasteiger partial charge in [0, 0.05) is 0 Å². The fraction of sp³-hybridized carbons (Fsp3) is 0.818. The van der Waals surface area contributed by atoms with Crippen molar-refractivity contribution in [3.05, 3.63) is 0 Å². The largest absolute Gasteiger partial charge is 0.481 e. The minimum atomic E-state index is -0.934. The molecule has 0 bridgehead atoms. The molecule has 0 aromatic carbocycles. The van der Waals surface area contributed by atoms with E-state index in [-0.39, 0.29) is 12.2 Å². The maximum absolute atomic E-state index is 11.1. The normalized spacial score (nSPS) is 12.4. The fourth-order valence-electron chi connectivity index (χ4n) is 1.36. The van der Waals surface area contributed by atoms with Gasteiger partial charge in [-0.15, -0.1) is 0 Å². The molecule has 0 rings (SSSR count). The second-order valence-electron chi connectivity index (χ2n) is 3.78. The predicted octanol–water partition coefficient (Wildman–Crippen LogP) is 1.59. The van der Waals surface area contributed by atoms with E-state index < -0.39 is 12.0 Å². The Morgan fingerprint density at radius 3 is 2.40 bits per heavy atom. The minimum Gasteiger partial charge on any atom is -0.481 e. The third-order valence-electron chi connectivity index (χ3n) is 2.29. The van der Waals surface area contributed by atoms with E-state index in [0.717, 1.165) is 19.4 Å². The third-order valence-corrected chi connectivity index (χ3v) is 2.29. The molecular formula is C11H21NO3. The molecule has 88 valence electrons. The Morgan fingerprint density at radius 2 is 1.93 bits per heavy atom. The zero-order valence-electron chi connectivity index (χ0n) is 9.58. The molecule has 15 heavy (non-hydrogen) atoms. The van der Waals surface area contributed by atoms with Gasteiger partial charge in [-0.25, -0.2) is 0 Å². The van der Waals surface area contributed by atoms with Gasteiger partial charge in [-0.3, -0.25) is 9.59 Å². The van der Waals surface area contributed by atoms with Crippen molar-refractivity contribution in [2.45, 2.75) is 52.0 Å². The van der Waals surface area contributed by atoms with Crippen molar-refractivity contribution in [3.63, 3.8) is 0 Å². The smallest absolute Gasteiger partial charge is 0.305 e. The van der Waals surface area contributed by atoms with Crippen LogP contribution in [0.4, 0.5) is 0 Å². The summed E-state index contributed by atoms with van der Waals surface area (Å²) in [5, 5.41) is 11.6. The topological polar surface area (TPSA) is 66.4 Å². The van der Waals surface area contributed by atoms with Crippen LogP contribution in [0.5, 0.6) is 0 Å². The van der Waals surface area contributed by atoms with Crippen molar-refractivity contribution < 1.29 is 14.7 Å². The lowest BCUT2D eigenvalue weighted by Crippen LogP contribution is -2.37. The Morgan fingerprint density at radius 1 is 1.27 bits per heavy atom. The van der Waals surface area contributed by atoms with Crippen molar-refractivity contribution >= 4 is 11.8 Å². The predicted molar refractivity (Wildman–Crippen MR) is 58.9 cm³/mol.